The standard InChI is InChI=1S/C22H24N6O3S2/c1-31-18-9-5-8-17(14-18)23-20-25-26-22(33-20)32-15-19(29)27-10-12-28(13-11-27)21(30)24-16-6-3-2-4-7-16/h2-9,14H,10-13,15H2,1H3,(H,23,25)(H,24,30). The number of anilines is 3. The SMILES string of the molecule is COc1cccc(Nc2nnc(SCC(=O)N3CCN(C(=O)Nc4ccccc4)CC3)s2)c1. The molecular formula is C22H24N6O3S2. The molecule has 0 atom stereocenters. The highest BCUT2D eigenvalue weighted by Crippen LogP contribution is 2.29. The zero-order valence-electron chi connectivity index (χ0n) is 18.1. The van der Waals surface area contributed by atoms with Crippen molar-refractivity contribution in [2.24, 2.45) is 0 Å². The van der Waals surface area contributed by atoms with Crippen molar-refractivity contribution in [1.82, 2.24) is 20.0 Å². The Labute approximate surface area is 200 Å². The van der Waals surface area contributed by atoms with Crippen LogP contribution in [0.5, 0.6) is 5.75 Å². The third-order valence-electron chi connectivity index (χ3n) is 4.99. The van der Waals surface area contributed by atoms with E-state index in [4.69, 9.17) is 4.74 Å². The molecule has 0 radical (unpaired) electrons. The molecule has 0 spiro atoms. The van der Waals surface area contributed by atoms with E-state index in [9.17, 15) is 9.59 Å². The van der Waals surface area contributed by atoms with Gasteiger partial charge < -0.3 is 25.2 Å². The van der Waals surface area contributed by atoms with E-state index in [1.54, 1.807) is 16.9 Å². The van der Waals surface area contributed by atoms with Crippen LogP contribution in [-0.4, -0.2) is 71.0 Å². The molecule has 1 saturated heterocycles. The molecule has 3 amide bonds. The lowest BCUT2D eigenvalue weighted by Gasteiger charge is -2.34. The number of amides is 3. The van der Waals surface area contributed by atoms with Crippen molar-refractivity contribution in [2.75, 3.05) is 49.7 Å². The van der Waals surface area contributed by atoms with Crippen LogP contribution >= 0.6 is 23.1 Å². The fraction of sp³-hybridized carbons (Fsp3) is 0.273. The molecule has 0 saturated carbocycles. The van der Waals surface area contributed by atoms with Gasteiger partial charge in [0.05, 0.1) is 12.9 Å². The van der Waals surface area contributed by atoms with E-state index in [0.29, 0.717) is 31.3 Å². The molecule has 9 nitrogen and oxygen atoms in total. The Morgan fingerprint density at radius 1 is 1.00 bits per heavy atom. The Hall–Kier alpha value is -3.31. The Morgan fingerprint density at radius 2 is 1.73 bits per heavy atom. The van der Waals surface area contributed by atoms with Gasteiger partial charge in [-0.05, 0) is 24.3 Å². The summed E-state index contributed by atoms with van der Waals surface area (Å²) in [6.07, 6.45) is 0. The molecule has 4 rings (SSSR count). The lowest BCUT2D eigenvalue weighted by Crippen LogP contribution is -2.52. The van der Waals surface area contributed by atoms with E-state index in [1.165, 1.54) is 23.1 Å². The summed E-state index contributed by atoms with van der Waals surface area (Å²) >= 11 is 2.76. The summed E-state index contributed by atoms with van der Waals surface area (Å²) in [5.41, 5.74) is 1.61. The number of piperazine rings is 1. The number of para-hydroxylation sites is 1. The molecule has 11 heteroatoms. The second kappa shape index (κ2) is 11.0. The van der Waals surface area contributed by atoms with Crippen LogP contribution in [0.3, 0.4) is 0 Å². The van der Waals surface area contributed by atoms with Gasteiger partial charge in [0.15, 0.2) is 4.34 Å². The number of methoxy groups -OCH3 is 1. The molecule has 0 aliphatic carbocycles. The number of aromatic nitrogens is 2. The zero-order valence-corrected chi connectivity index (χ0v) is 19.7. The predicted octanol–water partition coefficient (Wildman–Crippen LogP) is 3.76. The molecule has 2 aromatic carbocycles. The van der Waals surface area contributed by atoms with E-state index < -0.39 is 0 Å². The molecule has 2 N–H and O–H groups in total. The van der Waals surface area contributed by atoms with Crippen molar-refractivity contribution in [3.8, 4) is 5.75 Å². The smallest absolute Gasteiger partial charge is 0.321 e. The van der Waals surface area contributed by atoms with Gasteiger partial charge in [-0.3, -0.25) is 4.79 Å². The number of rotatable bonds is 7. The van der Waals surface area contributed by atoms with E-state index >= 15 is 0 Å². The summed E-state index contributed by atoms with van der Waals surface area (Å²) in [6, 6.07) is 16.7. The molecule has 33 heavy (non-hydrogen) atoms. The predicted molar refractivity (Wildman–Crippen MR) is 131 cm³/mol. The molecule has 1 aliphatic heterocycles. The van der Waals surface area contributed by atoms with Gasteiger partial charge in [-0.1, -0.05) is 47.4 Å². The fourth-order valence-electron chi connectivity index (χ4n) is 3.24. The second-order valence-electron chi connectivity index (χ2n) is 7.18. The van der Waals surface area contributed by atoms with Crippen LogP contribution in [-0.2, 0) is 4.79 Å². The average molecular weight is 485 g/mol. The molecule has 3 aromatic rings. The summed E-state index contributed by atoms with van der Waals surface area (Å²) in [5.74, 6) is 1.06. The van der Waals surface area contributed by atoms with E-state index in [2.05, 4.69) is 20.8 Å². The first-order valence-corrected chi connectivity index (χ1v) is 12.2. The van der Waals surface area contributed by atoms with Gasteiger partial charge in [0, 0.05) is 43.6 Å². The van der Waals surface area contributed by atoms with Crippen molar-refractivity contribution in [3.05, 3.63) is 54.6 Å². The number of carbonyl (C=O) groups excluding carboxylic acids is 2. The normalized spacial score (nSPS) is 13.5. The van der Waals surface area contributed by atoms with Crippen molar-refractivity contribution in [1.29, 1.82) is 0 Å². The van der Waals surface area contributed by atoms with Gasteiger partial charge in [-0.2, -0.15) is 0 Å². The number of benzene rings is 2. The Kier molecular flexibility index (Phi) is 7.63. The minimum Gasteiger partial charge on any atom is -0.497 e. The highest BCUT2D eigenvalue weighted by atomic mass is 32.2. The maximum Gasteiger partial charge on any atom is 0.321 e. The molecule has 1 fully saturated rings. The lowest BCUT2D eigenvalue weighted by molar-refractivity contribution is -0.129. The minimum atomic E-state index is -0.146. The largest absolute Gasteiger partial charge is 0.497 e. The number of carbonyl (C=O) groups is 2. The topological polar surface area (TPSA) is 99.7 Å². The molecule has 0 bridgehead atoms. The Balaban J connectivity index is 1.21. The van der Waals surface area contributed by atoms with Crippen LogP contribution in [0.15, 0.2) is 58.9 Å². The number of ether oxygens (including phenoxy) is 1. The highest BCUT2D eigenvalue weighted by Gasteiger charge is 2.24. The van der Waals surface area contributed by atoms with Crippen molar-refractivity contribution >= 4 is 51.5 Å². The fourth-order valence-corrected chi connectivity index (χ4v) is 4.92. The number of nitrogens with one attached hydrogen (secondary N) is 2. The lowest BCUT2D eigenvalue weighted by atomic mass is 10.3. The van der Waals surface area contributed by atoms with Gasteiger partial charge in [-0.25, -0.2) is 4.79 Å². The molecule has 2 heterocycles. The zero-order chi connectivity index (χ0) is 23.0. The maximum atomic E-state index is 12.6. The summed E-state index contributed by atoms with van der Waals surface area (Å²) in [5, 5.41) is 15.0. The molecular weight excluding hydrogens is 460 g/mol. The summed E-state index contributed by atoms with van der Waals surface area (Å²) in [4.78, 5) is 28.5. The molecule has 1 aliphatic rings. The molecule has 1 aromatic heterocycles. The summed E-state index contributed by atoms with van der Waals surface area (Å²) in [7, 11) is 1.62. The van der Waals surface area contributed by atoms with E-state index in [1.807, 2.05) is 54.6 Å². The first-order valence-electron chi connectivity index (χ1n) is 10.4. The number of hydrogen-bond acceptors (Lipinski definition) is 8. The van der Waals surface area contributed by atoms with E-state index in [0.717, 1.165) is 21.5 Å². The number of thioether (sulfide) groups is 1. The van der Waals surface area contributed by atoms with Crippen molar-refractivity contribution in [2.45, 2.75) is 4.34 Å². The number of nitrogens with zero attached hydrogens (tertiary/aromatic N) is 4. The van der Waals surface area contributed by atoms with Gasteiger partial charge >= 0.3 is 6.03 Å². The van der Waals surface area contributed by atoms with Crippen LogP contribution in [0, 0.1) is 0 Å². The van der Waals surface area contributed by atoms with Gasteiger partial charge in [0.1, 0.15) is 5.75 Å². The van der Waals surface area contributed by atoms with Crippen LogP contribution in [0.1, 0.15) is 0 Å². The minimum absolute atomic E-state index is 0.0284. The molecule has 0 unspecified atom stereocenters. The summed E-state index contributed by atoms with van der Waals surface area (Å²) < 4.78 is 5.94. The second-order valence-corrected chi connectivity index (χ2v) is 9.38. The van der Waals surface area contributed by atoms with Crippen molar-refractivity contribution < 1.29 is 14.3 Å². The van der Waals surface area contributed by atoms with Crippen LogP contribution < -0.4 is 15.4 Å². The monoisotopic (exact) mass is 484 g/mol. The third kappa shape index (κ3) is 6.36. The van der Waals surface area contributed by atoms with Crippen molar-refractivity contribution in [3.63, 3.8) is 0 Å². The molecule has 172 valence electrons. The highest BCUT2D eigenvalue weighted by molar-refractivity contribution is 8.01. The van der Waals surface area contributed by atoms with Gasteiger partial charge in [-0.15, -0.1) is 10.2 Å². The average Bonchev–Trinajstić information content (AvgIpc) is 3.30. The van der Waals surface area contributed by atoms with Gasteiger partial charge in [0.2, 0.25) is 11.0 Å². The first-order chi connectivity index (χ1) is 16.1. The van der Waals surface area contributed by atoms with Crippen LogP contribution in [0.4, 0.5) is 21.3 Å². The number of hydrogen-bond donors (Lipinski definition) is 2. The Bertz CT molecular complexity index is 1090. The van der Waals surface area contributed by atoms with E-state index in [-0.39, 0.29) is 17.7 Å². The third-order valence-corrected chi connectivity index (χ3v) is 6.95. The number of urea groups is 1. The van der Waals surface area contributed by atoms with Crippen LogP contribution in [0.2, 0.25) is 0 Å². The first kappa shape index (κ1) is 22.9. The van der Waals surface area contributed by atoms with Crippen LogP contribution in [0.25, 0.3) is 0 Å². The Morgan fingerprint density at radius 3 is 2.48 bits per heavy atom. The summed E-state index contributed by atoms with van der Waals surface area (Å²) in [6.45, 7) is 2.03. The maximum absolute atomic E-state index is 12.6. The quantitative estimate of drug-likeness (QED) is 0.493. The van der Waals surface area contributed by atoms with Gasteiger partial charge in [0.25, 0.3) is 0 Å².